The summed E-state index contributed by atoms with van der Waals surface area (Å²) in [5, 5.41) is 6.93. The van der Waals surface area contributed by atoms with Crippen LogP contribution in [0, 0.1) is 83.1 Å². The van der Waals surface area contributed by atoms with Crippen molar-refractivity contribution in [2.45, 2.75) is 83.1 Å². The lowest BCUT2D eigenvalue weighted by molar-refractivity contribution is 0.381. The maximum Gasteiger partial charge on any atom is 0.544 e. The second-order valence-corrected chi connectivity index (χ2v) is 11.0. The molecule has 0 saturated carbocycles. The van der Waals surface area contributed by atoms with E-state index in [9.17, 15) is 4.57 Å². The monoisotopic (exact) mass is 484 g/mol. The molecule has 34 heavy (non-hydrogen) atoms. The van der Waals surface area contributed by atoms with E-state index >= 15 is 0 Å². The Morgan fingerprint density at radius 1 is 0.559 bits per heavy atom. The first-order chi connectivity index (χ1) is 15.7. The van der Waals surface area contributed by atoms with E-state index < -0.39 is 7.75 Å². The van der Waals surface area contributed by atoms with E-state index in [0.29, 0.717) is 17.2 Å². The maximum absolute atomic E-state index is 14.5. The Hall–Kier alpha value is -2.72. The molecule has 0 bridgehead atoms. The van der Waals surface area contributed by atoms with Crippen molar-refractivity contribution in [3.8, 4) is 11.5 Å². The van der Waals surface area contributed by atoms with Gasteiger partial charge in [0.25, 0.3) is 0 Å². The van der Waals surface area contributed by atoms with Crippen molar-refractivity contribution in [3.05, 3.63) is 66.9 Å². The van der Waals surface area contributed by atoms with E-state index in [1.165, 1.54) is 11.1 Å². The van der Waals surface area contributed by atoms with Crippen molar-refractivity contribution in [1.82, 2.24) is 5.16 Å². The molecule has 6 nitrogen and oxygen atoms in total. The van der Waals surface area contributed by atoms with Gasteiger partial charge < -0.3 is 13.6 Å². The van der Waals surface area contributed by atoms with E-state index in [2.05, 4.69) is 24.1 Å². The van der Waals surface area contributed by atoms with Crippen LogP contribution in [0.4, 0.5) is 5.88 Å². The number of benzene rings is 2. The molecule has 0 radical (unpaired) electrons. The molecule has 0 spiro atoms. The van der Waals surface area contributed by atoms with Crippen LogP contribution < -0.4 is 14.1 Å². The number of aryl methyl sites for hydroxylation is 1. The van der Waals surface area contributed by atoms with Gasteiger partial charge in [-0.1, -0.05) is 5.16 Å². The Labute approximate surface area is 203 Å². The van der Waals surface area contributed by atoms with Gasteiger partial charge in [-0.2, -0.15) is 0 Å². The van der Waals surface area contributed by atoms with Gasteiger partial charge in [-0.3, -0.25) is 0 Å². The fraction of sp³-hybridized carbons (Fsp3) is 0.444. The number of nitrogens with one attached hydrogen (secondary N) is 1. The fourth-order valence-corrected chi connectivity index (χ4v) is 5.77. The van der Waals surface area contributed by atoms with Crippen LogP contribution in [0.3, 0.4) is 0 Å². The summed E-state index contributed by atoms with van der Waals surface area (Å²) < 4.78 is 32.5. The number of nitrogens with zero attached hydrogens (tertiary/aromatic N) is 1. The molecule has 0 aliphatic carbocycles. The summed E-state index contributed by atoms with van der Waals surface area (Å²) in [4.78, 5) is 0. The Morgan fingerprint density at radius 2 is 0.882 bits per heavy atom. The van der Waals surface area contributed by atoms with Gasteiger partial charge in [-0.05, 0) is 139 Å². The molecule has 2 aromatic carbocycles. The molecule has 184 valence electrons. The van der Waals surface area contributed by atoms with E-state index in [-0.39, 0.29) is 5.88 Å². The minimum atomic E-state index is -4.00. The van der Waals surface area contributed by atoms with Crippen molar-refractivity contribution in [2.75, 3.05) is 5.09 Å². The lowest BCUT2D eigenvalue weighted by Crippen LogP contribution is -2.14. The van der Waals surface area contributed by atoms with Crippen LogP contribution in [-0.2, 0) is 4.57 Å². The molecule has 0 amide bonds. The smallest absolute Gasteiger partial charge is 0.400 e. The molecule has 1 N–H and O–H groups in total. The zero-order chi connectivity index (χ0) is 25.7. The quantitative estimate of drug-likeness (QED) is 0.357. The molecule has 7 heteroatoms. The van der Waals surface area contributed by atoms with Crippen LogP contribution in [0.2, 0.25) is 0 Å². The fourth-order valence-electron chi connectivity index (χ4n) is 4.15. The highest BCUT2D eigenvalue weighted by Crippen LogP contribution is 2.53. The molecule has 3 aromatic rings. The van der Waals surface area contributed by atoms with Crippen molar-refractivity contribution in [1.29, 1.82) is 0 Å². The van der Waals surface area contributed by atoms with E-state index in [0.717, 1.165) is 50.1 Å². The van der Waals surface area contributed by atoms with Crippen LogP contribution in [0.5, 0.6) is 11.5 Å². The van der Waals surface area contributed by atoms with Crippen molar-refractivity contribution in [2.24, 2.45) is 0 Å². The minimum Gasteiger partial charge on any atom is -0.400 e. The molecule has 0 unspecified atom stereocenters. The molecule has 1 heterocycles. The zero-order valence-electron chi connectivity index (χ0n) is 22.5. The maximum atomic E-state index is 14.5. The SMILES string of the molecule is Cc1noc(NP(=O)(Oc2c(C)c(C)c(C)c(C)c2C)Oc2c(C)c(C)c(C)c(C)c2C)c1C. The first kappa shape index (κ1) is 25.9. The van der Waals surface area contributed by atoms with Crippen LogP contribution in [0.1, 0.15) is 66.9 Å². The molecule has 0 aliphatic heterocycles. The summed E-state index contributed by atoms with van der Waals surface area (Å²) in [6.45, 7) is 24.0. The van der Waals surface area contributed by atoms with Gasteiger partial charge in [0.2, 0.25) is 5.88 Å². The van der Waals surface area contributed by atoms with Crippen LogP contribution in [0.15, 0.2) is 4.52 Å². The summed E-state index contributed by atoms with van der Waals surface area (Å²) in [5.41, 5.74) is 12.0. The predicted octanol–water partition coefficient (Wildman–Crippen LogP) is 8.05. The highest BCUT2D eigenvalue weighted by atomic mass is 31.2. The lowest BCUT2D eigenvalue weighted by Gasteiger charge is -2.26. The number of anilines is 1. The second kappa shape index (κ2) is 9.14. The highest BCUT2D eigenvalue weighted by molar-refractivity contribution is 7.56. The molecular formula is C27H37N2O4P. The molecular weight excluding hydrogens is 447 g/mol. The van der Waals surface area contributed by atoms with Gasteiger partial charge in [-0.25, -0.2) is 9.65 Å². The van der Waals surface area contributed by atoms with Crippen LogP contribution in [-0.4, -0.2) is 5.16 Å². The van der Waals surface area contributed by atoms with Crippen LogP contribution in [0.25, 0.3) is 0 Å². The van der Waals surface area contributed by atoms with Gasteiger partial charge >= 0.3 is 7.75 Å². The second-order valence-electron chi connectivity index (χ2n) is 9.42. The van der Waals surface area contributed by atoms with Gasteiger partial charge in [0.15, 0.2) is 0 Å². The summed E-state index contributed by atoms with van der Waals surface area (Å²) in [7, 11) is -4.00. The van der Waals surface area contributed by atoms with Crippen molar-refractivity contribution in [3.63, 3.8) is 0 Å². The molecule has 0 fully saturated rings. The number of aromatic nitrogens is 1. The normalized spacial score (nSPS) is 11.6. The predicted molar refractivity (Wildman–Crippen MR) is 139 cm³/mol. The first-order valence-electron chi connectivity index (χ1n) is 11.5. The Kier molecular flexibility index (Phi) is 6.96. The molecule has 3 rings (SSSR count). The van der Waals surface area contributed by atoms with Gasteiger partial charge in [-0.15, -0.1) is 0 Å². The Morgan fingerprint density at radius 3 is 1.18 bits per heavy atom. The van der Waals surface area contributed by atoms with Crippen molar-refractivity contribution >= 4 is 13.6 Å². The Bertz CT molecular complexity index is 1200. The standard InChI is InChI=1S/C27H37N2O4P/c1-13-15(3)19(7)25(20(8)16(13)4)32-34(30,29-27-23(11)24(12)28-31-27)33-26-21(9)17(5)14(2)18(6)22(26)10/h1-12H3,(H,29,30). The molecule has 0 saturated heterocycles. The average molecular weight is 485 g/mol. The Balaban J connectivity index is 2.20. The number of hydrogen-bond donors (Lipinski definition) is 1. The highest BCUT2D eigenvalue weighted by Gasteiger charge is 2.35. The van der Waals surface area contributed by atoms with E-state index in [1.807, 2.05) is 69.2 Å². The van der Waals surface area contributed by atoms with E-state index in [4.69, 9.17) is 13.6 Å². The van der Waals surface area contributed by atoms with Gasteiger partial charge in [0.05, 0.1) is 5.69 Å². The van der Waals surface area contributed by atoms with E-state index in [1.54, 1.807) is 0 Å². The summed E-state index contributed by atoms with van der Waals surface area (Å²) >= 11 is 0. The first-order valence-corrected chi connectivity index (χ1v) is 13.1. The molecule has 0 atom stereocenters. The third-order valence-electron chi connectivity index (χ3n) is 7.68. The third kappa shape index (κ3) is 4.36. The number of hydrogen-bond acceptors (Lipinski definition) is 5. The number of rotatable bonds is 6. The zero-order valence-corrected chi connectivity index (χ0v) is 23.4. The molecule has 1 aromatic heterocycles. The minimum absolute atomic E-state index is 0.271. The van der Waals surface area contributed by atoms with Gasteiger partial charge in [0.1, 0.15) is 11.5 Å². The van der Waals surface area contributed by atoms with Crippen LogP contribution >= 0.6 is 7.75 Å². The third-order valence-corrected chi connectivity index (χ3v) is 9.00. The molecule has 0 aliphatic rings. The lowest BCUT2D eigenvalue weighted by atomic mass is 9.94. The topological polar surface area (TPSA) is 73.6 Å². The summed E-state index contributed by atoms with van der Waals surface area (Å²) in [5.74, 6) is 1.38. The largest absolute Gasteiger partial charge is 0.544 e. The average Bonchev–Trinajstić information content (AvgIpc) is 3.11. The summed E-state index contributed by atoms with van der Waals surface area (Å²) in [6.07, 6.45) is 0. The van der Waals surface area contributed by atoms with Crippen molar-refractivity contribution < 1.29 is 18.1 Å². The summed E-state index contributed by atoms with van der Waals surface area (Å²) in [6, 6.07) is 0. The van der Waals surface area contributed by atoms with Gasteiger partial charge in [0, 0.05) is 5.56 Å².